The average Bonchev–Trinajstić information content (AvgIpc) is 2.83. The summed E-state index contributed by atoms with van der Waals surface area (Å²) in [4.78, 5) is 42.4. The number of para-hydroxylation sites is 1. The molecule has 39 heavy (non-hydrogen) atoms. The second kappa shape index (κ2) is 13.4. The molecule has 3 amide bonds. The fourth-order valence-corrected chi connectivity index (χ4v) is 4.50. The molecule has 1 fully saturated rings. The Kier molecular flexibility index (Phi) is 10.2. The van der Waals surface area contributed by atoms with Crippen molar-refractivity contribution in [3.63, 3.8) is 0 Å². The summed E-state index contributed by atoms with van der Waals surface area (Å²) in [5, 5.41) is 26.1. The predicted octanol–water partition coefficient (Wildman–Crippen LogP) is 4.57. The lowest BCUT2D eigenvalue weighted by atomic mass is 9.87. The molecule has 0 aromatic heterocycles. The Bertz CT molecular complexity index is 1120. The third kappa shape index (κ3) is 8.37. The van der Waals surface area contributed by atoms with E-state index in [0.717, 1.165) is 19.3 Å². The molecule has 4 N–H and O–H groups in total. The second-order valence-corrected chi connectivity index (χ2v) is 11.0. The summed E-state index contributed by atoms with van der Waals surface area (Å²) in [6, 6.07) is 10.5. The molecule has 9 nitrogen and oxygen atoms in total. The zero-order valence-electron chi connectivity index (χ0n) is 23.3. The molecular formula is C30H41N3O6. The standard InChI is InChI=1S/C30H41N3O6/c1-5-6-18-31-27(36)26(23-12-7-8-13-25(23)35)33(21-10-9-11-21)28(37)24(32-29(38)39-30(2,3)4)19-20-14-16-22(34)17-15-20/h7-8,12-17,21,24,26,34-35H,5-6,9-11,18-19H2,1-4H3,(H,31,36)(H,32,38). The number of hydrogen-bond acceptors (Lipinski definition) is 6. The van der Waals surface area contributed by atoms with Crippen LogP contribution < -0.4 is 10.6 Å². The van der Waals surface area contributed by atoms with Crippen LogP contribution in [0, 0.1) is 0 Å². The molecule has 212 valence electrons. The van der Waals surface area contributed by atoms with Crippen molar-refractivity contribution in [1.82, 2.24) is 15.5 Å². The molecule has 1 saturated carbocycles. The first-order chi connectivity index (χ1) is 18.5. The summed E-state index contributed by atoms with van der Waals surface area (Å²) < 4.78 is 5.45. The number of nitrogens with one attached hydrogen (secondary N) is 2. The molecule has 2 unspecified atom stereocenters. The fraction of sp³-hybridized carbons (Fsp3) is 0.500. The maximum Gasteiger partial charge on any atom is 0.408 e. The molecule has 0 radical (unpaired) electrons. The van der Waals surface area contributed by atoms with Crippen LogP contribution in [0.3, 0.4) is 0 Å². The van der Waals surface area contributed by atoms with Gasteiger partial charge in [0.25, 0.3) is 0 Å². The normalized spacial score (nSPS) is 15.0. The van der Waals surface area contributed by atoms with Gasteiger partial charge >= 0.3 is 6.09 Å². The Morgan fingerprint density at radius 2 is 1.72 bits per heavy atom. The Morgan fingerprint density at radius 3 is 2.28 bits per heavy atom. The number of alkyl carbamates (subject to hydrolysis) is 1. The first kappa shape index (κ1) is 29.8. The van der Waals surface area contributed by atoms with Gasteiger partial charge in [-0.2, -0.15) is 0 Å². The second-order valence-electron chi connectivity index (χ2n) is 11.0. The molecule has 0 bridgehead atoms. The number of phenolic OH excluding ortho intramolecular Hbond substituents is 2. The van der Waals surface area contributed by atoms with Gasteiger partial charge in [0.1, 0.15) is 29.2 Å². The number of carbonyl (C=O) groups excluding carboxylic acids is 3. The summed E-state index contributed by atoms with van der Waals surface area (Å²) >= 11 is 0. The SMILES string of the molecule is CCCCNC(=O)C(c1ccccc1O)N(C(=O)C(Cc1ccc(O)cc1)NC(=O)OC(C)(C)C)C1CCC1. The number of ether oxygens (including phenoxy) is 1. The van der Waals surface area contributed by atoms with E-state index < -0.39 is 29.7 Å². The van der Waals surface area contributed by atoms with Crippen LogP contribution in [0.2, 0.25) is 0 Å². The maximum atomic E-state index is 14.4. The number of carbonyl (C=O) groups is 3. The minimum atomic E-state index is -1.08. The third-order valence-electron chi connectivity index (χ3n) is 6.68. The van der Waals surface area contributed by atoms with Crippen LogP contribution in [0.4, 0.5) is 4.79 Å². The lowest BCUT2D eigenvalue weighted by molar-refractivity contribution is -0.147. The lowest BCUT2D eigenvalue weighted by Crippen LogP contribution is -2.58. The molecule has 2 atom stereocenters. The average molecular weight is 540 g/mol. The van der Waals surface area contributed by atoms with Gasteiger partial charge in [0.05, 0.1) is 0 Å². The zero-order valence-corrected chi connectivity index (χ0v) is 23.3. The maximum absolute atomic E-state index is 14.4. The van der Waals surface area contributed by atoms with Gasteiger partial charge in [-0.15, -0.1) is 0 Å². The van der Waals surface area contributed by atoms with Crippen LogP contribution in [0.1, 0.15) is 77.0 Å². The monoisotopic (exact) mass is 539 g/mol. The molecule has 9 heteroatoms. The van der Waals surface area contributed by atoms with Crippen LogP contribution >= 0.6 is 0 Å². The van der Waals surface area contributed by atoms with E-state index in [-0.39, 0.29) is 29.9 Å². The molecule has 0 aliphatic heterocycles. The molecular weight excluding hydrogens is 498 g/mol. The van der Waals surface area contributed by atoms with E-state index >= 15 is 0 Å². The number of rotatable bonds is 11. The summed E-state index contributed by atoms with van der Waals surface area (Å²) in [6.07, 6.45) is 3.35. The van der Waals surface area contributed by atoms with Gasteiger partial charge in [0.15, 0.2) is 0 Å². The van der Waals surface area contributed by atoms with Gasteiger partial charge in [0.2, 0.25) is 11.8 Å². The molecule has 0 spiro atoms. The molecule has 0 heterocycles. The summed E-state index contributed by atoms with van der Waals surface area (Å²) in [5.41, 5.74) is 0.260. The number of nitrogens with zero attached hydrogens (tertiary/aromatic N) is 1. The summed E-state index contributed by atoms with van der Waals surface area (Å²) in [6.45, 7) is 7.67. The molecule has 1 aliphatic rings. The Balaban J connectivity index is 2.02. The van der Waals surface area contributed by atoms with E-state index in [9.17, 15) is 24.6 Å². The van der Waals surface area contributed by atoms with Crippen molar-refractivity contribution >= 4 is 17.9 Å². The number of unbranched alkanes of at least 4 members (excludes halogenated alkanes) is 1. The highest BCUT2D eigenvalue weighted by molar-refractivity contribution is 5.93. The highest BCUT2D eigenvalue weighted by atomic mass is 16.6. The van der Waals surface area contributed by atoms with Gasteiger partial charge in [-0.05, 0) is 70.2 Å². The van der Waals surface area contributed by atoms with Crippen LogP contribution in [0.15, 0.2) is 48.5 Å². The number of benzene rings is 2. The van der Waals surface area contributed by atoms with Crippen molar-refractivity contribution in [2.75, 3.05) is 6.54 Å². The molecule has 2 aromatic rings. The Hall–Kier alpha value is -3.75. The van der Waals surface area contributed by atoms with Crippen LogP contribution in [0.5, 0.6) is 11.5 Å². The Labute approximate surface area is 230 Å². The van der Waals surface area contributed by atoms with Crippen molar-refractivity contribution < 1.29 is 29.3 Å². The highest BCUT2D eigenvalue weighted by Gasteiger charge is 2.42. The largest absolute Gasteiger partial charge is 0.508 e. The van der Waals surface area contributed by atoms with Crippen molar-refractivity contribution in [2.24, 2.45) is 0 Å². The van der Waals surface area contributed by atoms with E-state index in [1.807, 2.05) is 6.92 Å². The number of amides is 3. The highest BCUT2D eigenvalue weighted by Crippen LogP contribution is 2.37. The Morgan fingerprint density at radius 1 is 1.05 bits per heavy atom. The molecule has 0 saturated heterocycles. The van der Waals surface area contributed by atoms with Crippen molar-refractivity contribution in [3.05, 3.63) is 59.7 Å². The first-order valence-corrected chi connectivity index (χ1v) is 13.7. The van der Waals surface area contributed by atoms with E-state index in [1.165, 1.54) is 23.1 Å². The van der Waals surface area contributed by atoms with Gasteiger partial charge in [-0.1, -0.05) is 43.7 Å². The van der Waals surface area contributed by atoms with Crippen LogP contribution in [-0.2, 0) is 20.7 Å². The van der Waals surface area contributed by atoms with Gasteiger partial charge < -0.3 is 30.5 Å². The molecule has 1 aliphatic carbocycles. The van der Waals surface area contributed by atoms with Crippen molar-refractivity contribution in [2.45, 2.75) is 89.9 Å². The first-order valence-electron chi connectivity index (χ1n) is 13.7. The summed E-state index contributed by atoms with van der Waals surface area (Å²) in [5.74, 6) is -0.829. The fourth-order valence-electron chi connectivity index (χ4n) is 4.50. The van der Waals surface area contributed by atoms with Gasteiger partial charge in [-0.3, -0.25) is 9.59 Å². The molecule has 3 rings (SSSR count). The predicted molar refractivity (Wildman–Crippen MR) is 148 cm³/mol. The van der Waals surface area contributed by atoms with Gasteiger partial charge in [-0.25, -0.2) is 4.79 Å². The van der Waals surface area contributed by atoms with E-state index in [1.54, 1.807) is 51.1 Å². The lowest BCUT2D eigenvalue weighted by Gasteiger charge is -2.43. The van der Waals surface area contributed by atoms with E-state index in [0.29, 0.717) is 30.5 Å². The van der Waals surface area contributed by atoms with Gasteiger partial charge in [0, 0.05) is 24.6 Å². The van der Waals surface area contributed by atoms with Crippen LogP contribution in [0.25, 0.3) is 0 Å². The number of phenols is 2. The number of hydrogen-bond donors (Lipinski definition) is 4. The van der Waals surface area contributed by atoms with Crippen molar-refractivity contribution in [1.29, 1.82) is 0 Å². The van der Waals surface area contributed by atoms with Crippen molar-refractivity contribution in [3.8, 4) is 11.5 Å². The third-order valence-corrected chi connectivity index (χ3v) is 6.68. The minimum absolute atomic E-state index is 0.0829. The summed E-state index contributed by atoms with van der Waals surface area (Å²) in [7, 11) is 0. The van der Waals surface area contributed by atoms with E-state index in [2.05, 4.69) is 10.6 Å². The van der Waals surface area contributed by atoms with E-state index in [4.69, 9.17) is 4.74 Å². The molecule has 2 aromatic carbocycles. The van der Waals surface area contributed by atoms with Crippen LogP contribution in [-0.4, -0.2) is 57.3 Å². The topological polar surface area (TPSA) is 128 Å². The number of aromatic hydroxyl groups is 2. The smallest absolute Gasteiger partial charge is 0.408 e. The minimum Gasteiger partial charge on any atom is -0.508 e. The zero-order chi connectivity index (χ0) is 28.6. The quantitative estimate of drug-likeness (QED) is 0.310.